The Hall–Kier alpha value is -5.15. The molecule has 198 valence electrons. The fourth-order valence-corrected chi connectivity index (χ4v) is 6.06. The van der Waals surface area contributed by atoms with E-state index in [1.165, 1.54) is 0 Å². The van der Waals surface area contributed by atoms with E-state index in [4.69, 9.17) is 0 Å². The van der Waals surface area contributed by atoms with Crippen LogP contribution in [0.15, 0.2) is 152 Å². The highest BCUT2D eigenvalue weighted by Crippen LogP contribution is 2.54. The summed E-state index contributed by atoms with van der Waals surface area (Å²) in [6.07, 6.45) is 0. The summed E-state index contributed by atoms with van der Waals surface area (Å²) < 4.78 is 0. The number of benzene rings is 5. The number of carbonyl (C=O) groups is 3. The molecule has 0 bridgehead atoms. The SMILES string of the molecule is O=C(C(=O)C(c1ccccc1)C1C(=O)C(c2ccccc2)=C(c2ccccc2)C1c1ccccc1)c1ccccc1. The Morgan fingerprint density at radius 3 is 1.56 bits per heavy atom. The smallest absolute Gasteiger partial charge is 0.229 e. The highest BCUT2D eigenvalue weighted by atomic mass is 16.2. The van der Waals surface area contributed by atoms with Crippen molar-refractivity contribution >= 4 is 28.5 Å². The second kappa shape index (κ2) is 11.5. The minimum atomic E-state index is -0.971. The number of ketones is 3. The van der Waals surface area contributed by atoms with E-state index in [2.05, 4.69) is 0 Å². The molecule has 0 amide bonds. The van der Waals surface area contributed by atoms with E-state index in [1.54, 1.807) is 24.3 Å². The molecule has 1 aliphatic carbocycles. The van der Waals surface area contributed by atoms with Crippen molar-refractivity contribution in [2.24, 2.45) is 5.92 Å². The van der Waals surface area contributed by atoms with Gasteiger partial charge in [-0.3, -0.25) is 14.4 Å². The first-order valence-electron chi connectivity index (χ1n) is 13.8. The number of hydrogen-bond acceptors (Lipinski definition) is 3. The summed E-state index contributed by atoms with van der Waals surface area (Å²) in [6.45, 7) is 0. The molecule has 0 saturated carbocycles. The topological polar surface area (TPSA) is 51.2 Å². The first-order chi connectivity index (χ1) is 20.1. The molecule has 5 aromatic rings. The molecule has 6 rings (SSSR count). The van der Waals surface area contributed by atoms with E-state index >= 15 is 0 Å². The summed E-state index contributed by atoms with van der Waals surface area (Å²) in [5.41, 5.74) is 5.09. The van der Waals surface area contributed by atoms with Gasteiger partial charge in [0.1, 0.15) is 0 Å². The molecule has 3 unspecified atom stereocenters. The highest BCUT2D eigenvalue weighted by Gasteiger charge is 2.50. The molecule has 0 heterocycles. The Labute approximate surface area is 239 Å². The molecule has 0 spiro atoms. The molecule has 0 aliphatic heterocycles. The van der Waals surface area contributed by atoms with E-state index in [1.807, 2.05) is 127 Å². The lowest BCUT2D eigenvalue weighted by Gasteiger charge is -2.29. The van der Waals surface area contributed by atoms with Crippen LogP contribution in [0.5, 0.6) is 0 Å². The Morgan fingerprint density at radius 1 is 0.537 bits per heavy atom. The second-order valence-electron chi connectivity index (χ2n) is 10.2. The van der Waals surface area contributed by atoms with Gasteiger partial charge in [0.05, 0.1) is 5.92 Å². The average Bonchev–Trinajstić information content (AvgIpc) is 3.35. The van der Waals surface area contributed by atoms with Gasteiger partial charge in [0.15, 0.2) is 5.78 Å². The number of carbonyl (C=O) groups excluding carboxylic acids is 3. The van der Waals surface area contributed by atoms with Crippen molar-refractivity contribution in [3.8, 4) is 0 Å². The maximum Gasteiger partial charge on any atom is 0.229 e. The molecule has 3 heteroatoms. The molecular formula is C38H28O3. The van der Waals surface area contributed by atoms with Gasteiger partial charge in [-0.2, -0.15) is 0 Å². The molecule has 3 atom stereocenters. The van der Waals surface area contributed by atoms with Crippen LogP contribution in [0.2, 0.25) is 0 Å². The van der Waals surface area contributed by atoms with Gasteiger partial charge in [-0.15, -0.1) is 0 Å². The molecule has 5 aromatic carbocycles. The third kappa shape index (κ3) is 4.99. The summed E-state index contributed by atoms with van der Waals surface area (Å²) in [6, 6.07) is 47.3. The zero-order valence-electron chi connectivity index (χ0n) is 22.4. The van der Waals surface area contributed by atoms with Gasteiger partial charge in [0.25, 0.3) is 0 Å². The maximum absolute atomic E-state index is 14.8. The number of rotatable bonds is 8. The van der Waals surface area contributed by atoms with Crippen molar-refractivity contribution in [1.29, 1.82) is 0 Å². The van der Waals surface area contributed by atoms with Crippen molar-refractivity contribution in [2.45, 2.75) is 11.8 Å². The predicted molar refractivity (Wildman–Crippen MR) is 162 cm³/mol. The zero-order valence-corrected chi connectivity index (χ0v) is 22.4. The fraction of sp³-hybridized carbons (Fsp3) is 0.0789. The lowest BCUT2D eigenvalue weighted by molar-refractivity contribution is -0.124. The molecular weight excluding hydrogens is 504 g/mol. The lowest BCUT2D eigenvalue weighted by Crippen LogP contribution is -2.34. The summed E-state index contributed by atoms with van der Waals surface area (Å²) in [4.78, 5) is 42.8. The minimum Gasteiger partial charge on any atom is -0.294 e. The van der Waals surface area contributed by atoms with E-state index in [-0.39, 0.29) is 5.78 Å². The summed E-state index contributed by atoms with van der Waals surface area (Å²) in [7, 11) is 0. The van der Waals surface area contributed by atoms with Gasteiger partial charge in [-0.05, 0) is 27.8 Å². The van der Waals surface area contributed by atoms with Crippen LogP contribution >= 0.6 is 0 Å². The third-order valence-corrected chi connectivity index (χ3v) is 7.85. The van der Waals surface area contributed by atoms with Crippen LogP contribution < -0.4 is 0 Å². The largest absolute Gasteiger partial charge is 0.294 e. The van der Waals surface area contributed by atoms with Gasteiger partial charge in [0.2, 0.25) is 11.6 Å². The van der Waals surface area contributed by atoms with Crippen LogP contribution in [0.1, 0.15) is 44.4 Å². The van der Waals surface area contributed by atoms with Crippen LogP contribution in [0.25, 0.3) is 11.1 Å². The molecule has 0 aromatic heterocycles. The quantitative estimate of drug-likeness (QED) is 0.151. The number of hydrogen-bond donors (Lipinski definition) is 0. The van der Waals surface area contributed by atoms with Gasteiger partial charge in [-0.25, -0.2) is 0 Å². The Balaban J connectivity index is 1.61. The molecule has 1 aliphatic rings. The van der Waals surface area contributed by atoms with Gasteiger partial charge in [-0.1, -0.05) is 152 Å². The molecule has 41 heavy (non-hydrogen) atoms. The summed E-state index contributed by atoms with van der Waals surface area (Å²) in [5, 5.41) is 0. The number of allylic oxidation sites excluding steroid dienone is 2. The Morgan fingerprint density at radius 2 is 1.00 bits per heavy atom. The summed E-state index contributed by atoms with van der Waals surface area (Å²) >= 11 is 0. The van der Waals surface area contributed by atoms with Crippen LogP contribution in [0, 0.1) is 5.92 Å². The predicted octanol–water partition coefficient (Wildman–Crippen LogP) is 7.82. The Kier molecular flexibility index (Phi) is 7.34. The molecule has 0 N–H and O–H groups in total. The molecule has 0 saturated heterocycles. The van der Waals surface area contributed by atoms with Crippen LogP contribution in [0.4, 0.5) is 0 Å². The standard InChI is InChI=1S/C38H28O3/c39-36(30-24-14-5-15-25-30)38(41)34(29-22-12-4-13-23-29)35-32(27-18-8-2-9-19-27)31(26-16-6-1-7-17-26)33(37(35)40)28-20-10-3-11-21-28/h1-25,32,34-35H. The van der Waals surface area contributed by atoms with Gasteiger partial charge < -0.3 is 0 Å². The van der Waals surface area contributed by atoms with Crippen molar-refractivity contribution in [2.75, 3.05) is 0 Å². The zero-order chi connectivity index (χ0) is 28.2. The van der Waals surface area contributed by atoms with Crippen molar-refractivity contribution in [1.82, 2.24) is 0 Å². The van der Waals surface area contributed by atoms with Gasteiger partial charge >= 0.3 is 0 Å². The second-order valence-corrected chi connectivity index (χ2v) is 10.2. The van der Waals surface area contributed by atoms with Crippen molar-refractivity contribution in [3.05, 3.63) is 179 Å². The van der Waals surface area contributed by atoms with Crippen LogP contribution in [-0.4, -0.2) is 17.3 Å². The molecule has 0 fully saturated rings. The first-order valence-corrected chi connectivity index (χ1v) is 13.8. The van der Waals surface area contributed by atoms with Crippen LogP contribution in [0.3, 0.4) is 0 Å². The maximum atomic E-state index is 14.8. The average molecular weight is 533 g/mol. The first kappa shape index (κ1) is 26.1. The normalized spacial score (nSPS) is 17.3. The molecule has 0 radical (unpaired) electrons. The molecule has 3 nitrogen and oxygen atoms in total. The Bertz CT molecular complexity index is 1710. The lowest BCUT2D eigenvalue weighted by atomic mass is 9.71. The van der Waals surface area contributed by atoms with Crippen LogP contribution in [-0.2, 0) is 9.59 Å². The highest BCUT2D eigenvalue weighted by molar-refractivity contribution is 6.46. The van der Waals surface area contributed by atoms with Crippen molar-refractivity contribution in [3.63, 3.8) is 0 Å². The van der Waals surface area contributed by atoms with E-state index in [9.17, 15) is 14.4 Å². The minimum absolute atomic E-state index is 0.132. The number of Topliss-reactive ketones (excluding diaryl/α,β-unsaturated/α-hetero) is 3. The van der Waals surface area contributed by atoms with E-state index in [0.717, 1.165) is 22.3 Å². The van der Waals surface area contributed by atoms with Gasteiger partial charge in [0, 0.05) is 23.0 Å². The monoisotopic (exact) mass is 532 g/mol. The van der Waals surface area contributed by atoms with E-state index in [0.29, 0.717) is 16.7 Å². The fourth-order valence-electron chi connectivity index (χ4n) is 6.06. The van der Waals surface area contributed by atoms with E-state index < -0.39 is 29.3 Å². The third-order valence-electron chi connectivity index (χ3n) is 7.85. The summed E-state index contributed by atoms with van der Waals surface area (Å²) in [5.74, 6) is -3.53. The van der Waals surface area contributed by atoms with Crippen molar-refractivity contribution < 1.29 is 14.4 Å².